The summed E-state index contributed by atoms with van der Waals surface area (Å²) in [4.78, 5) is 17.6. The highest BCUT2D eigenvalue weighted by atomic mass is 35.5. The van der Waals surface area contributed by atoms with Crippen molar-refractivity contribution in [3.63, 3.8) is 0 Å². The zero-order valence-corrected chi connectivity index (χ0v) is 20.7. The molecule has 2 aromatic rings. The van der Waals surface area contributed by atoms with E-state index in [9.17, 15) is 4.79 Å². The number of benzene rings is 1. The minimum Gasteiger partial charge on any atom is -0.491 e. The number of carbonyl (C=O) groups is 1. The number of ether oxygens (including phenoxy) is 2. The molecule has 2 aliphatic rings. The van der Waals surface area contributed by atoms with Gasteiger partial charge in [0.2, 0.25) is 5.91 Å². The van der Waals surface area contributed by atoms with Gasteiger partial charge in [0.15, 0.2) is 0 Å². The van der Waals surface area contributed by atoms with E-state index in [0.29, 0.717) is 31.2 Å². The van der Waals surface area contributed by atoms with Crippen LogP contribution in [0.15, 0.2) is 24.3 Å². The van der Waals surface area contributed by atoms with Crippen LogP contribution in [0.25, 0.3) is 0 Å². The van der Waals surface area contributed by atoms with Crippen LogP contribution in [0.4, 0.5) is 0 Å². The van der Waals surface area contributed by atoms with E-state index in [1.165, 1.54) is 17.7 Å². The van der Waals surface area contributed by atoms with Gasteiger partial charge in [-0.2, -0.15) is 5.10 Å². The monoisotopic (exact) mass is 474 g/mol. The van der Waals surface area contributed by atoms with Crippen molar-refractivity contribution in [3.05, 3.63) is 46.2 Å². The van der Waals surface area contributed by atoms with Crippen molar-refractivity contribution in [2.45, 2.75) is 51.7 Å². The van der Waals surface area contributed by atoms with Crippen LogP contribution in [0.2, 0.25) is 5.02 Å². The maximum Gasteiger partial charge on any atom is 0.225 e. The van der Waals surface area contributed by atoms with Crippen molar-refractivity contribution in [1.82, 2.24) is 19.6 Å². The second-order valence-electron chi connectivity index (χ2n) is 9.38. The first-order valence-electron chi connectivity index (χ1n) is 11.9. The fourth-order valence-electron chi connectivity index (χ4n) is 4.85. The van der Waals surface area contributed by atoms with Crippen molar-refractivity contribution < 1.29 is 14.3 Å². The normalized spacial score (nSPS) is 21.9. The predicted molar refractivity (Wildman–Crippen MR) is 129 cm³/mol. The lowest BCUT2D eigenvalue weighted by Crippen LogP contribution is -2.57. The molecule has 2 aliphatic heterocycles. The van der Waals surface area contributed by atoms with Gasteiger partial charge in [-0.05, 0) is 57.4 Å². The summed E-state index contributed by atoms with van der Waals surface area (Å²) < 4.78 is 14.4. The number of amides is 1. The molecule has 1 amide bonds. The average Bonchev–Trinajstić information content (AvgIpc) is 3.05. The Labute approximate surface area is 201 Å². The van der Waals surface area contributed by atoms with Crippen LogP contribution in [0.5, 0.6) is 5.75 Å². The summed E-state index contributed by atoms with van der Waals surface area (Å²) in [6.07, 6.45) is 3.67. The zero-order chi connectivity index (χ0) is 23.4. The maximum atomic E-state index is 13.2. The van der Waals surface area contributed by atoms with Gasteiger partial charge in [0.1, 0.15) is 18.0 Å². The SMILES string of the molecule is Cc1nn(C)c(C)c1CN1CCO[C@@](COc2ccc(Cl)cc2)(CC(=O)N2CCCCC2)C1. The van der Waals surface area contributed by atoms with Gasteiger partial charge in [0, 0.05) is 56.1 Å². The lowest BCUT2D eigenvalue weighted by atomic mass is 9.95. The first-order valence-corrected chi connectivity index (χ1v) is 12.2. The Kier molecular flexibility index (Phi) is 7.62. The second-order valence-corrected chi connectivity index (χ2v) is 9.81. The van der Waals surface area contributed by atoms with Crippen molar-refractivity contribution in [1.29, 1.82) is 0 Å². The number of piperidine rings is 1. The Hall–Kier alpha value is -2.09. The van der Waals surface area contributed by atoms with Gasteiger partial charge in [-0.15, -0.1) is 0 Å². The Morgan fingerprint density at radius 3 is 2.55 bits per heavy atom. The molecule has 8 heteroatoms. The van der Waals surface area contributed by atoms with Crippen molar-refractivity contribution in [2.24, 2.45) is 7.05 Å². The van der Waals surface area contributed by atoms with E-state index >= 15 is 0 Å². The molecule has 0 saturated carbocycles. The number of rotatable bonds is 7. The molecule has 0 bridgehead atoms. The largest absolute Gasteiger partial charge is 0.491 e. The van der Waals surface area contributed by atoms with E-state index in [2.05, 4.69) is 23.8 Å². The van der Waals surface area contributed by atoms with Crippen LogP contribution in [0, 0.1) is 13.8 Å². The summed E-state index contributed by atoms with van der Waals surface area (Å²) in [6, 6.07) is 7.33. The van der Waals surface area contributed by atoms with E-state index in [4.69, 9.17) is 21.1 Å². The van der Waals surface area contributed by atoms with E-state index in [0.717, 1.165) is 50.5 Å². The van der Waals surface area contributed by atoms with E-state index in [1.54, 1.807) is 0 Å². The first kappa shape index (κ1) is 24.0. The zero-order valence-electron chi connectivity index (χ0n) is 20.0. The second kappa shape index (κ2) is 10.5. The number of halogens is 1. The van der Waals surface area contributed by atoms with Gasteiger partial charge < -0.3 is 14.4 Å². The topological polar surface area (TPSA) is 59.8 Å². The Bertz CT molecular complexity index is 955. The molecule has 180 valence electrons. The maximum absolute atomic E-state index is 13.2. The number of nitrogens with zero attached hydrogens (tertiary/aromatic N) is 4. The van der Waals surface area contributed by atoms with Crippen molar-refractivity contribution >= 4 is 17.5 Å². The highest BCUT2D eigenvalue weighted by Crippen LogP contribution is 2.28. The van der Waals surface area contributed by atoms with Gasteiger partial charge in [0.05, 0.1) is 18.7 Å². The molecule has 0 aliphatic carbocycles. The molecule has 3 heterocycles. The lowest BCUT2D eigenvalue weighted by Gasteiger charge is -2.43. The molecule has 4 rings (SSSR count). The number of carbonyl (C=O) groups excluding carboxylic acids is 1. The van der Waals surface area contributed by atoms with E-state index < -0.39 is 5.60 Å². The van der Waals surface area contributed by atoms with Crippen molar-refractivity contribution in [3.8, 4) is 5.75 Å². The molecule has 0 unspecified atom stereocenters. The number of hydrogen-bond acceptors (Lipinski definition) is 5. The molecule has 2 fully saturated rings. The standard InChI is InChI=1S/C25H35ClN4O3/c1-19-23(20(2)28(3)27-19)16-29-13-14-33-25(17-29,15-24(31)30-11-5-4-6-12-30)18-32-22-9-7-21(26)8-10-22/h7-10H,4-6,11-18H2,1-3H3/t25-/m0/s1. The Morgan fingerprint density at radius 1 is 1.15 bits per heavy atom. The van der Waals surface area contributed by atoms with Gasteiger partial charge in [-0.25, -0.2) is 0 Å². The molecule has 1 aromatic carbocycles. The average molecular weight is 475 g/mol. The van der Waals surface area contributed by atoms with Crippen LogP contribution < -0.4 is 4.74 Å². The van der Waals surface area contributed by atoms with E-state index in [-0.39, 0.29) is 5.91 Å². The summed E-state index contributed by atoms with van der Waals surface area (Å²) in [6.45, 7) is 8.95. The lowest BCUT2D eigenvalue weighted by molar-refractivity contribution is -0.157. The predicted octanol–water partition coefficient (Wildman–Crippen LogP) is 3.74. The minimum atomic E-state index is -0.698. The number of morpholine rings is 1. The fraction of sp³-hybridized carbons (Fsp3) is 0.600. The smallest absolute Gasteiger partial charge is 0.225 e. The minimum absolute atomic E-state index is 0.157. The summed E-state index contributed by atoms with van der Waals surface area (Å²) in [7, 11) is 1.98. The third kappa shape index (κ3) is 5.89. The van der Waals surface area contributed by atoms with Crippen LogP contribution >= 0.6 is 11.6 Å². The third-order valence-corrected chi connectivity index (χ3v) is 7.12. The van der Waals surface area contributed by atoms with Crippen LogP contribution in [0.3, 0.4) is 0 Å². The fourth-order valence-corrected chi connectivity index (χ4v) is 4.98. The quantitative estimate of drug-likeness (QED) is 0.611. The molecular weight excluding hydrogens is 440 g/mol. The Balaban J connectivity index is 1.51. The van der Waals surface area contributed by atoms with Gasteiger partial charge in [0.25, 0.3) is 0 Å². The number of likely N-dealkylation sites (tertiary alicyclic amines) is 1. The third-order valence-electron chi connectivity index (χ3n) is 6.87. The molecule has 2 saturated heterocycles. The van der Waals surface area contributed by atoms with Gasteiger partial charge in [-0.1, -0.05) is 11.6 Å². The highest BCUT2D eigenvalue weighted by Gasteiger charge is 2.41. The summed E-state index contributed by atoms with van der Waals surface area (Å²) in [5, 5.41) is 5.23. The van der Waals surface area contributed by atoms with Crippen molar-refractivity contribution in [2.75, 3.05) is 39.4 Å². The Morgan fingerprint density at radius 2 is 1.88 bits per heavy atom. The molecular formula is C25H35ClN4O3. The molecule has 1 atom stereocenters. The molecule has 7 nitrogen and oxygen atoms in total. The number of aromatic nitrogens is 2. The highest BCUT2D eigenvalue weighted by molar-refractivity contribution is 6.30. The molecule has 0 N–H and O–H groups in total. The summed E-state index contributed by atoms with van der Waals surface area (Å²) in [5.41, 5.74) is 2.77. The summed E-state index contributed by atoms with van der Waals surface area (Å²) >= 11 is 6.02. The molecule has 33 heavy (non-hydrogen) atoms. The number of aryl methyl sites for hydroxylation is 2. The van der Waals surface area contributed by atoms with Crippen LogP contribution in [0.1, 0.15) is 42.6 Å². The molecule has 1 aromatic heterocycles. The molecule has 0 radical (unpaired) electrons. The first-order chi connectivity index (χ1) is 15.8. The van der Waals surface area contributed by atoms with Crippen LogP contribution in [-0.2, 0) is 23.1 Å². The molecule has 0 spiro atoms. The van der Waals surface area contributed by atoms with E-state index in [1.807, 2.05) is 40.9 Å². The van der Waals surface area contributed by atoms with Crippen LogP contribution in [-0.4, -0.2) is 70.5 Å². The van der Waals surface area contributed by atoms with Gasteiger partial charge in [-0.3, -0.25) is 14.4 Å². The van der Waals surface area contributed by atoms with Gasteiger partial charge >= 0.3 is 0 Å². The summed E-state index contributed by atoms with van der Waals surface area (Å²) in [5.74, 6) is 0.883. The number of hydrogen-bond donors (Lipinski definition) is 0.